The number of hydrogen-bond acceptors (Lipinski definition) is 5. The molecule has 0 spiro atoms. The maximum Gasteiger partial charge on any atom is 0.149 e. The van der Waals surface area contributed by atoms with Crippen molar-refractivity contribution < 1.29 is 4.74 Å². The summed E-state index contributed by atoms with van der Waals surface area (Å²) in [6, 6.07) is 7.73. The van der Waals surface area contributed by atoms with Gasteiger partial charge in [0.15, 0.2) is 0 Å². The van der Waals surface area contributed by atoms with Crippen LogP contribution in [-0.2, 0) is 0 Å². The van der Waals surface area contributed by atoms with Gasteiger partial charge in [-0.05, 0) is 26.8 Å². The third-order valence-corrected chi connectivity index (χ3v) is 3.13. The number of nitriles is 1. The van der Waals surface area contributed by atoms with Crippen molar-refractivity contribution in [2.45, 2.75) is 26.9 Å². The SMILES string of the molecule is Cc1nnc(-c2cccc(OC(C)C)c2C#N)s1. The summed E-state index contributed by atoms with van der Waals surface area (Å²) in [5.41, 5.74) is 1.30. The highest BCUT2D eigenvalue weighted by atomic mass is 32.1. The number of hydrogen-bond donors (Lipinski definition) is 0. The number of aromatic nitrogens is 2. The van der Waals surface area contributed by atoms with Gasteiger partial charge in [-0.25, -0.2) is 0 Å². The minimum Gasteiger partial charge on any atom is -0.490 e. The quantitative estimate of drug-likeness (QED) is 0.849. The monoisotopic (exact) mass is 259 g/mol. The minimum absolute atomic E-state index is 0.0310. The Labute approximate surface area is 110 Å². The van der Waals surface area contributed by atoms with Crippen LogP contribution < -0.4 is 4.74 Å². The highest BCUT2D eigenvalue weighted by Gasteiger charge is 2.14. The predicted molar refractivity (Wildman–Crippen MR) is 70.6 cm³/mol. The van der Waals surface area contributed by atoms with E-state index in [2.05, 4.69) is 16.3 Å². The molecule has 0 saturated carbocycles. The topological polar surface area (TPSA) is 58.8 Å². The first-order chi connectivity index (χ1) is 8.61. The molecule has 2 rings (SSSR count). The zero-order valence-corrected chi connectivity index (χ0v) is 11.3. The first-order valence-electron chi connectivity index (χ1n) is 5.62. The van der Waals surface area contributed by atoms with Gasteiger partial charge in [0.2, 0.25) is 0 Å². The zero-order chi connectivity index (χ0) is 13.1. The molecule has 0 radical (unpaired) electrons. The second kappa shape index (κ2) is 5.15. The van der Waals surface area contributed by atoms with Gasteiger partial charge in [0.1, 0.15) is 27.4 Å². The number of benzene rings is 1. The Morgan fingerprint density at radius 2 is 2.11 bits per heavy atom. The highest BCUT2D eigenvalue weighted by molar-refractivity contribution is 7.14. The summed E-state index contributed by atoms with van der Waals surface area (Å²) in [7, 11) is 0. The van der Waals surface area contributed by atoms with Crippen LogP contribution in [0.4, 0.5) is 0 Å². The molecule has 0 aliphatic heterocycles. The summed E-state index contributed by atoms with van der Waals surface area (Å²) in [4.78, 5) is 0. The predicted octanol–water partition coefficient (Wildman–Crippen LogP) is 3.17. The molecule has 0 bridgehead atoms. The second-order valence-corrected chi connectivity index (χ2v) is 5.26. The van der Waals surface area contributed by atoms with Crippen molar-refractivity contribution in [1.82, 2.24) is 10.2 Å². The van der Waals surface area contributed by atoms with E-state index in [4.69, 9.17) is 4.74 Å². The van der Waals surface area contributed by atoms with Crippen LogP contribution in [0.5, 0.6) is 5.75 Å². The van der Waals surface area contributed by atoms with Gasteiger partial charge in [0.05, 0.1) is 6.10 Å². The Morgan fingerprint density at radius 1 is 1.33 bits per heavy atom. The lowest BCUT2D eigenvalue weighted by Gasteiger charge is -2.12. The molecule has 0 aliphatic rings. The maximum absolute atomic E-state index is 9.31. The standard InChI is InChI=1S/C13H13N3OS/c1-8(2)17-12-6-4-5-10(11(12)7-14)13-16-15-9(3)18-13/h4-6,8H,1-3H3. The van der Waals surface area contributed by atoms with E-state index in [0.29, 0.717) is 11.3 Å². The van der Waals surface area contributed by atoms with E-state index in [1.54, 1.807) is 6.07 Å². The van der Waals surface area contributed by atoms with Crippen molar-refractivity contribution in [3.8, 4) is 22.4 Å². The Bertz CT molecular complexity index is 599. The van der Waals surface area contributed by atoms with Crippen LogP contribution in [0.2, 0.25) is 0 Å². The molecule has 0 N–H and O–H groups in total. The van der Waals surface area contributed by atoms with Crippen molar-refractivity contribution in [2.24, 2.45) is 0 Å². The van der Waals surface area contributed by atoms with E-state index in [1.807, 2.05) is 32.9 Å². The van der Waals surface area contributed by atoms with Crippen LogP contribution in [0.25, 0.3) is 10.6 Å². The molecule has 0 saturated heterocycles. The Balaban J connectivity index is 2.52. The maximum atomic E-state index is 9.31. The Morgan fingerprint density at radius 3 is 2.67 bits per heavy atom. The van der Waals surface area contributed by atoms with Crippen molar-refractivity contribution in [3.05, 3.63) is 28.8 Å². The number of aryl methyl sites for hydroxylation is 1. The third kappa shape index (κ3) is 2.49. The molecular formula is C13H13N3OS. The normalized spacial score (nSPS) is 10.4. The smallest absolute Gasteiger partial charge is 0.149 e. The molecule has 5 heteroatoms. The van der Waals surface area contributed by atoms with E-state index in [0.717, 1.165) is 15.6 Å². The summed E-state index contributed by atoms with van der Waals surface area (Å²) in [5, 5.41) is 19.0. The van der Waals surface area contributed by atoms with Crippen LogP contribution in [-0.4, -0.2) is 16.3 Å². The summed E-state index contributed by atoms with van der Waals surface area (Å²) in [6.45, 7) is 5.76. The van der Waals surface area contributed by atoms with Crippen LogP contribution in [0.15, 0.2) is 18.2 Å². The summed E-state index contributed by atoms with van der Waals surface area (Å²) in [5.74, 6) is 0.595. The van der Waals surface area contributed by atoms with Gasteiger partial charge in [-0.15, -0.1) is 10.2 Å². The largest absolute Gasteiger partial charge is 0.490 e. The molecule has 0 fully saturated rings. The highest BCUT2D eigenvalue weighted by Crippen LogP contribution is 2.32. The average Bonchev–Trinajstić information content (AvgIpc) is 2.74. The fourth-order valence-electron chi connectivity index (χ4n) is 1.58. The van der Waals surface area contributed by atoms with Crippen molar-refractivity contribution in [1.29, 1.82) is 5.26 Å². The van der Waals surface area contributed by atoms with Gasteiger partial charge in [0.25, 0.3) is 0 Å². The van der Waals surface area contributed by atoms with Crippen molar-refractivity contribution in [3.63, 3.8) is 0 Å². The van der Waals surface area contributed by atoms with Gasteiger partial charge in [0, 0.05) is 5.56 Å². The first-order valence-corrected chi connectivity index (χ1v) is 6.43. The summed E-state index contributed by atoms with van der Waals surface area (Å²) >= 11 is 1.47. The van der Waals surface area contributed by atoms with E-state index in [1.165, 1.54) is 11.3 Å². The lowest BCUT2D eigenvalue weighted by atomic mass is 10.1. The Hall–Kier alpha value is -1.93. The lowest BCUT2D eigenvalue weighted by molar-refractivity contribution is 0.242. The molecule has 4 nitrogen and oxygen atoms in total. The van der Waals surface area contributed by atoms with Crippen molar-refractivity contribution >= 4 is 11.3 Å². The third-order valence-electron chi connectivity index (χ3n) is 2.26. The van der Waals surface area contributed by atoms with Crippen LogP contribution >= 0.6 is 11.3 Å². The van der Waals surface area contributed by atoms with Crippen LogP contribution in [0.3, 0.4) is 0 Å². The number of ether oxygens (including phenoxy) is 1. The summed E-state index contributed by atoms with van der Waals surface area (Å²) < 4.78 is 5.64. The van der Waals surface area contributed by atoms with Gasteiger partial charge in [-0.3, -0.25) is 0 Å². The average molecular weight is 259 g/mol. The molecule has 0 aliphatic carbocycles. The van der Waals surface area contributed by atoms with Crippen molar-refractivity contribution in [2.75, 3.05) is 0 Å². The molecular weight excluding hydrogens is 246 g/mol. The number of rotatable bonds is 3. The van der Waals surface area contributed by atoms with Gasteiger partial charge >= 0.3 is 0 Å². The lowest BCUT2D eigenvalue weighted by Crippen LogP contribution is -2.07. The van der Waals surface area contributed by atoms with Crippen LogP contribution in [0.1, 0.15) is 24.4 Å². The fraction of sp³-hybridized carbons (Fsp3) is 0.308. The summed E-state index contributed by atoms with van der Waals surface area (Å²) in [6.07, 6.45) is 0.0310. The van der Waals surface area contributed by atoms with Gasteiger partial charge in [-0.1, -0.05) is 23.5 Å². The van der Waals surface area contributed by atoms with E-state index < -0.39 is 0 Å². The molecule has 0 unspecified atom stereocenters. The molecule has 18 heavy (non-hydrogen) atoms. The molecule has 92 valence electrons. The Kier molecular flexibility index (Phi) is 3.58. The molecule has 0 amide bonds. The molecule has 2 aromatic rings. The molecule has 1 heterocycles. The van der Waals surface area contributed by atoms with E-state index in [9.17, 15) is 5.26 Å². The van der Waals surface area contributed by atoms with Crippen LogP contribution in [0, 0.1) is 18.3 Å². The zero-order valence-electron chi connectivity index (χ0n) is 10.5. The van der Waals surface area contributed by atoms with Gasteiger partial charge < -0.3 is 4.74 Å². The fourth-order valence-corrected chi connectivity index (χ4v) is 2.31. The molecule has 1 aromatic carbocycles. The molecule has 0 atom stereocenters. The van der Waals surface area contributed by atoms with Gasteiger partial charge in [-0.2, -0.15) is 5.26 Å². The first kappa shape index (κ1) is 12.5. The second-order valence-electron chi connectivity index (χ2n) is 4.08. The minimum atomic E-state index is 0.0310. The number of nitrogens with zero attached hydrogens (tertiary/aromatic N) is 3. The molecule has 1 aromatic heterocycles. The van der Waals surface area contributed by atoms with E-state index in [-0.39, 0.29) is 6.10 Å². The van der Waals surface area contributed by atoms with E-state index >= 15 is 0 Å².